The third-order valence-corrected chi connectivity index (χ3v) is 6.88. The van der Waals surface area contributed by atoms with Crippen molar-refractivity contribution in [1.82, 2.24) is 5.43 Å². The van der Waals surface area contributed by atoms with Crippen molar-refractivity contribution in [2.75, 3.05) is 31.7 Å². The normalized spacial score (nSPS) is 11.1. The summed E-state index contributed by atoms with van der Waals surface area (Å²) in [6.45, 7) is -0.861. The Morgan fingerprint density at radius 2 is 1.78 bits per heavy atom. The zero-order valence-corrected chi connectivity index (χ0v) is 21.5. The molecule has 0 aliphatic rings. The van der Waals surface area contributed by atoms with Gasteiger partial charge in [0.2, 0.25) is 0 Å². The van der Waals surface area contributed by atoms with E-state index in [9.17, 15) is 18.0 Å². The number of amides is 1. The number of halogens is 1. The standard InChI is InChI=1S/C25H24ClN3O7S/c1-34-23-12-11-19(26)14-22(23)29(37(32,33)21-9-4-3-5-10-21)16-24(30)28-27-15-18-7-6-8-20(13-18)36-17-25(31)35-2/h3-15H,16-17H2,1-2H3,(H,28,30)/b27-15+. The predicted octanol–water partition coefficient (Wildman–Crippen LogP) is 3.25. The number of esters is 1. The summed E-state index contributed by atoms with van der Waals surface area (Å²) in [5.74, 6) is -0.633. The Hall–Kier alpha value is -4.09. The summed E-state index contributed by atoms with van der Waals surface area (Å²) in [4.78, 5) is 24.0. The average Bonchev–Trinajstić information content (AvgIpc) is 2.91. The molecule has 0 atom stereocenters. The topological polar surface area (TPSA) is 124 Å². The van der Waals surface area contributed by atoms with Crippen LogP contribution in [0.4, 0.5) is 5.69 Å². The van der Waals surface area contributed by atoms with E-state index in [1.807, 2.05) is 0 Å². The van der Waals surface area contributed by atoms with Crippen LogP contribution < -0.4 is 19.2 Å². The predicted molar refractivity (Wildman–Crippen MR) is 139 cm³/mol. The first-order chi connectivity index (χ1) is 17.7. The Kier molecular flexibility index (Phi) is 9.47. The molecule has 194 valence electrons. The van der Waals surface area contributed by atoms with Crippen molar-refractivity contribution in [2.45, 2.75) is 4.90 Å². The molecular formula is C25H24ClN3O7S. The highest BCUT2D eigenvalue weighted by atomic mass is 35.5. The summed E-state index contributed by atoms with van der Waals surface area (Å²) in [5.41, 5.74) is 2.98. The van der Waals surface area contributed by atoms with Gasteiger partial charge in [-0.2, -0.15) is 5.10 Å². The van der Waals surface area contributed by atoms with Crippen LogP contribution in [0.5, 0.6) is 11.5 Å². The van der Waals surface area contributed by atoms with Gasteiger partial charge in [0.1, 0.15) is 18.0 Å². The van der Waals surface area contributed by atoms with Crippen LogP contribution in [0, 0.1) is 0 Å². The number of nitrogens with zero attached hydrogens (tertiary/aromatic N) is 2. The molecule has 1 N–H and O–H groups in total. The van der Waals surface area contributed by atoms with E-state index in [2.05, 4.69) is 15.3 Å². The maximum atomic E-state index is 13.5. The van der Waals surface area contributed by atoms with E-state index in [-0.39, 0.29) is 28.0 Å². The van der Waals surface area contributed by atoms with Crippen LogP contribution in [0.2, 0.25) is 5.02 Å². The van der Waals surface area contributed by atoms with E-state index in [0.717, 1.165) is 4.31 Å². The Bertz CT molecular complexity index is 1380. The molecule has 0 aliphatic carbocycles. The van der Waals surface area contributed by atoms with Gasteiger partial charge >= 0.3 is 5.97 Å². The van der Waals surface area contributed by atoms with Crippen LogP contribution >= 0.6 is 11.6 Å². The molecule has 0 aromatic heterocycles. The Morgan fingerprint density at radius 1 is 1.03 bits per heavy atom. The van der Waals surface area contributed by atoms with Crippen LogP contribution in [-0.4, -0.2) is 53.9 Å². The molecule has 10 nitrogen and oxygen atoms in total. The Balaban J connectivity index is 1.80. The Labute approximate surface area is 219 Å². The molecular weight excluding hydrogens is 522 g/mol. The third kappa shape index (κ3) is 7.45. The van der Waals surface area contributed by atoms with Crippen molar-refractivity contribution in [3.05, 3.63) is 83.4 Å². The zero-order chi connectivity index (χ0) is 26.8. The smallest absolute Gasteiger partial charge is 0.343 e. The maximum Gasteiger partial charge on any atom is 0.343 e. The molecule has 0 unspecified atom stereocenters. The number of methoxy groups -OCH3 is 2. The summed E-state index contributed by atoms with van der Waals surface area (Å²) in [7, 11) is -1.53. The van der Waals surface area contributed by atoms with E-state index >= 15 is 0 Å². The Morgan fingerprint density at radius 3 is 2.49 bits per heavy atom. The molecule has 3 aromatic rings. The second-order valence-corrected chi connectivity index (χ2v) is 9.67. The minimum atomic E-state index is -4.17. The lowest BCUT2D eigenvalue weighted by atomic mass is 10.2. The fourth-order valence-corrected chi connectivity index (χ4v) is 4.72. The number of hydrazone groups is 1. The quantitative estimate of drug-likeness (QED) is 0.223. The van der Waals surface area contributed by atoms with Gasteiger partial charge in [0.05, 0.1) is 31.0 Å². The van der Waals surface area contributed by atoms with Gasteiger partial charge in [0, 0.05) is 5.02 Å². The fourth-order valence-electron chi connectivity index (χ4n) is 3.11. The van der Waals surface area contributed by atoms with Gasteiger partial charge in [-0.25, -0.2) is 18.6 Å². The highest BCUT2D eigenvalue weighted by Gasteiger charge is 2.29. The summed E-state index contributed by atoms with van der Waals surface area (Å²) < 4.78 is 43.0. The highest BCUT2D eigenvalue weighted by molar-refractivity contribution is 7.92. The van der Waals surface area contributed by atoms with Crippen LogP contribution in [0.15, 0.2) is 82.8 Å². The van der Waals surface area contributed by atoms with E-state index in [1.165, 1.54) is 44.7 Å². The summed E-state index contributed by atoms with van der Waals surface area (Å²) >= 11 is 6.13. The van der Waals surface area contributed by atoms with Crippen LogP contribution in [0.3, 0.4) is 0 Å². The second kappa shape index (κ2) is 12.7. The minimum absolute atomic E-state index is 0.0166. The minimum Gasteiger partial charge on any atom is -0.495 e. The lowest BCUT2D eigenvalue weighted by molar-refractivity contribution is -0.142. The number of rotatable bonds is 11. The second-order valence-electron chi connectivity index (χ2n) is 7.37. The molecule has 0 bridgehead atoms. The molecule has 0 saturated heterocycles. The number of carbonyl (C=O) groups is 2. The van der Waals surface area contributed by atoms with Crippen molar-refractivity contribution in [3.63, 3.8) is 0 Å². The molecule has 0 spiro atoms. The van der Waals surface area contributed by atoms with Crippen LogP contribution in [0.1, 0.15) is 5.56 Å². The first-order valence-electron chi connectivity index (χ1n) is 10.8. The number of carbonyl (C=O) groups excluding carboxylic acids is 2. The zero-order valence-electron chi connectivity index (χ0n) is 20.0. The van der Waals surface area contributed by atoms with Crippen molar-refractivity contribution in [2.24, 2.45) is 5.10 Å². The van der Waals surface area contributed by atoms with Crippen LogP contribution in [0.25, 0.3) is 0 Å². The molecule has 0 fully saturated rings. The number of ether oxygens (including phenoxy) is 3. The molecule has 1 amide bonds. The van der Waals surface area contributed by atoms with Gasteiger partial charge in [-0.3, -0.25) is 9.10 Å². The first-order valence-corrected chi connectivity index (χ1v) is 12.6. The number of anilines is 1. The summed E-state index contributed by atoms with van der Waals surface area (Å²) in [6.07, 6.45) is 1.35. The molecule has 0 radical (unpaired) electrons. The van der Waals surface area contributed by atoms with Crippen molar-refractivity contribution in [3.8, 4) is 11.5 Å². The monoisotopic (exact) mass is 545 g/mol. The number of benzene rings is 3. The number of hydrogen-bond acceptors (Lipinski definition) is 8. The number of hydrogen-bond donors (Lipinski definition) is 1. The van der Waals surface area contributed by atoms with Crippen molar-refractivity contribution < 1.29 is 32.2 Å². The average molecular weight is 546 g/mol. The number of nitrogens with one attached hydrogen (secondary N) is 1. The van der Waals surface area contributed by atoms with E-state index < -0.39 is 28.4 Å². The maximum absolute atomic E-state index is 13.5. The summed E-state index contributed by atoms with van der Waals surface area (Å²) in [5, 5.41) is 4.17. The van der Waals surface area contributed by atoms with Crippen molar-refractivity contribution >= 4 is 45.4 Å². The van der Waals surface area contributed by atoms with Crippen LogP contribution in [-0.2, 0) is 24.3 Å². The van der Waals surface area contributed by atoms with Gasteiger partial charge in [0.25, 0.3) is 15.9 Å². The molecule has 0 aliphatic heterocycles. The SMILES string of the molecule is COC(=O)COc1cccc(/C=N/NC(=O)CN(c2cc(Cl)ccc2OC)S(=O)(=O)c2ccccc2)c1. The molecule has 0 heterocycles. The van der Waals surface area contributed by atoms with Gasteiger partial charge in [-0.05, 0) is 48.0 Å². The molecule has 37 heavy (non-hydrogen) atoms. The van der Waals surface area contributed by atoms with Gasteiger partial charge in [0.15, 0.2) is 6.61 Å². The lowest BCUT2D eigenvalue weighted by Crippen LogP contribution is -2.39. The molecule has 3 rings (SSSR count). The van der Waals surface area contributed by atoms with E-state index in [0.29, 0.717) is 11.3 Å². The summed E-state index contributed by atoms with van der Waals surface area (Å²) in [6, 6.07) is 18.7. The van der Waals surface area contributed by atoms with E-state index in [4.69, 9.17) is 21.1 Å². The highest BCUT2D eigenvalue weighted by Crippen LogP contribution is 2.34. The molecule has 0 saturated carbocycles. The van der Waals surface area contributed by atoms with Crippen molar-refractivity contribution in [1.29, 1.82) is 0 Å². The lowest BCUT2D eigenvalue weighted by Gasteiger charge is -2.25. The largest absolute Gasteiger partial charge is 0.495 e. The fraction of sp³-hybridized carbons (Fsp3) is 0.160. The van der Waals surface area contributed by atoms with E-state index in [1.54, 1.807) is 48.5 Å². The first kappa shape index (κ1) is 27.5. The third-order valence-electron chi connectivity index (χ3n) is 4.87. The van der Waals surface area contributed by atoms with Gasteiger partial charge in [-0.1, -0.05) is 41.9 Å². The molecule has 3 aromatic carbocycles. The van der Waals surface area contributed by atoms with Gasteiger partial charge < -0.3 is 14.2 Å². The number of sulfonamides is 1. The van der Waals surface area contributed by atoms with Gasteiger partial charge in [-0.15, -0.1) is 0 Å². The molecule has 12 heteroatoms.